The molecule has 10 heteroatoms. The summed E-state index contributed by atoms with van der Waals surface area (Å²) in [6, 6.07) is 12.9. The molecule has 0 spiro atoms. The van der Waals surface area contributed by atoms with Gasteiger partial charge in [-0.3, -0.25) is 4.79 Å². The van der Waals surface area contributed by atoms with E-state index in [0.717, 1.165) is 17.0 Å². The zero-order chi connectivity index (χ0) is 25.3. The number of halogens is 3. The van der Waals surface area contributed by atoms with Crippen LogP contribution in [0.1, 0.15) is 18.4 Å². The molecule has 1 aliphatic heterocycles. The number of nitrogens with zero attached hydrogens (tertiary/aromatic N) is 3. The fourth-order valence-corrected chi connectivity index (χ4v) is 5.02. The number of carbonyl (C=O) groups excluding carboxylic acids is 1. The largest absolute Gasteiger partial charge is 0.376 e. The molecule has 1 atom stereocenters. The van der Waals surface area contributed by atoms with E-state index in [0.29, 0.717) is 44.9 Å². The lowest BCUT2D eigenvalue weighted by atomic mass is 9.94. The van der Waals surface area contributed by atoms with Gasteiger partial charge in [-0.05, 0) is 55.4 Å². The Bertz CT molecular complexity index is 1290. The highest BCUT2D eigenvalue weighted by atomic mass is 35.5. The number of aliphatic imine (C=N–C) groups is 1. The summed E-state index contributed by atoms with van der Waals surface area (Å²) in [4.78, 5) is 21.8. The van der Waals surface area contributed by atoms with Gasteiger partial charge in [-0.2, -0.15) is 0 Å². The van der Waals surface area contributed by atoms with E-state index < -0.39 is 6.17 Å². The van der Waals surface area contributed by atoms with Crippen LogP contribution in [-0.4, -0.2) is 48.9 Å². The Labute approximate surface area is 225 Å². The molecule has 1 amide bonds. The Hall–Kier alpha value is -2.58. The first kappa shape index (κ1) is 25.5. The first-order valence-electron chi connectivity index (χ1n) is 10.9. The summed E-state index contributed by atoms with van der Waals surface area (Å²) in [7, 11) is 5.57. The Morgan fingerprint density at radius 1 is 1.11 bits per heavy atom. The van der Waals surface area contributed by atoms with Crippen LogP contribution in [0, 0.1) is 0 Å². The van der Waals surface area contributed by atoms with Gasteiger partial charge < -0.3 is 20.4 Å². The fourth-order valence-electron chi connectivity index (χ4n) is 4.01. The van der Waals surface area contributed by atoms with Gasteiger partial charge in [-0.1, -0.05) is 53.0 Å². The molecule has 2 aliphatic rings. The average Bonchev–Trinajstić information content (AvgIpc) is 2.89. The zero-order valence-corrected chi connectivity index (χ0v) is 22.5. The number of hydrogen-bond acceptors (Lipinski definition) is 4. The minimum atomic E-state index is -0.972. The van der Waals surface area contributed by atoms with E-state index in [1.165, 1.54) is 0 Å². The fraction of sp³-hybridized carbons (Fsp3) is 0.240. The number of likely N-dealkylation sites (N-methyl/N-ethyl adjacent to an activating group) is 1. The van der Waals surface area contributed by atoms with Gasteiger partial charge in [0.25, 0.3) is 5.91 Å². The normalized spacial score (nSPS) is 17.8. The van der Waals surface area contributed by atoms with E-state index in [2.05, 4.69) is 10.6 Å². The Morgan fingerprint density at radius 2 is 1.86 bits per heavy atom. The minimum absolute atomic E-state index is 0.237. The maximum atomic E-state index is 13.4. The molecule has 0 bridgehead atoms. The molecule has 0 saturated heterocycles. The van der Waals surface area contributed by atoms with Gasteiger partial charge in [0, 0.05) is 53.7 Å². The number of carbonyl (C=O) groups is 1. The van der Waals surface area contributed by atoms with Crippen LogP contribution in [0.2, 0.25) is 10.0 Å². The molecule has 6 nitrogen and oxygen atoms in total. The van der Waals surface area contributed by atoms with Gasteiger partial charge >= 0.3 is 0 Å². The van der Waals surface area contributed by atoms with Crippen LogP contribution in [0.5, 0.6) is 0 Å². The van der Waals surface area contributed by atoms with Crippen molar-refractivity contribution in [1.29, 1.82) is 0 Å². The van der Waals surface area contributed by atoms with Crippen LogP contribution < -0.4 is 15.5 Å². The molecule has 1 aliphatic carbocycles. The van der Waals surface area contributed by atoms with E-state index >= 15 is 0 Å². The van der Waals surface area contributed by atoms with Crippen LogP contribution in [0.4, 0.5) is 11.4 Å². The first-order chi connectivity index (χ1) is 16.7. The molecular weight excluding hydrogens is 525 g/mol. The Balaban J connectivity index is 1.67. The molecule has 4 rings (SSSR count). The van der Waals surface area contributed by atoms with E-state index in [-0.39, 0.29) is 11.0 Å². The monoisotopic (exact) mass is 547 g/mol. The maximum absolute atomic E-state index is 13.4. The highest BCUT2D eigenvalue weighted by Crippen LogP contribution is 2.34. The first-order valence-corrected chi connectivity index (χ1v) is 12.4. The Kier molecular flexibility index (Phi) is 7.71. The standard InChI is InChI=1S/C25H24Cl3N5OS/c1-32(2)21-11-9-15(13-19(21)28)29-25(35)31-23-24(34)33(3)20-10-8-14(26)12-17(20)22(30-23)16-6-4-5-7-18(16)27/h4-7,9,11-13,23H,8,10H2,1-3H3,(H2,29,31,35). The molecule has 2 aromatic rings. The average molecular weight is 549 g/mol. The van der Waals surface area contributed by atoms with Crippen LogP contribution in [0.3, 0.4) is 0 Å². The van der Waals surface area contributed by atoms with Crippen molar-refractivity contribution < 1.29 is 4.79 Å². The molecule has 2 N–H and O–H groups in total. The predicted molar refractivity (Wildman–Crippen MR) is 150 cm³/mol. The highest BCUT2D eigenvalue weighted by molar-refractivity contribution is 7.80. The lowest BCUT2D eigenvalue weighted by Crippen LogP contribution is -2.46. The van der Waals surface area contributed by atoms with Gasteiger partial charge in [0.1, 0.15) is 0 Å². The van der Waals surface area contributed by atoms with Crippen molar-refractivity contribution >= 4 is 75.1 Å². The van der Waals surface area contributed by atoms with Crippen molar-refractivity contribution in [2.24, 2.45) is 4.99 Å². The quantitative estimate of drug-likeness (QED) is 0.473. The SMILES string of the molecule is CN1C(=O)C(NC(=S)Nc2ccc(N(C)C)c(Cl)c2)N=C(c2ccccc2Cl)C2=C1CCC(Cl)=C2. The zero-order valence-electron chi connectivity index (χ0n) is 19.4. The second kappa shape index (κ2) is 10.6. The third kappa shape index (κ3) is 5.48. The molecule has 1 heterocycles. The summed E-state index contributed by atoms with van der Waals surface area (Å²) in [6.07, 6.45) is 2.15. The lowest BCUT2D eigenvalue weighted by molar-refractivity contribution is -0.129. The topological polar surface area (TPSA) is 60.0 Å². The van der Waals surface area contributed by atoms with Gasteiger partial charge in [0.05, 0.1) is 16.4 Å². The lowest BCUT2D eigenvalue weighted by Gasteiger charge is -2.26. The summed E-state index contributed by atoms with van der Waals surface area (Å²) in [5.74, 6) is -0.240. The van der Waals surface area contributed by atoms with E-state index in [9.17, 15) is 4.79 Å². The smallest absolute Gasteiger partial charge is 0.271 e. The number of nitrogens with one attached hydrogen (secondary N) is 2. The van der Waals surface area contributed by atoms with Crippen molar-refractivity contribution in [3.63, 3.8) is 0 Å². The van der Waals surface area contributed by atoms with E-state index in [1.54, 1.807) is 24.1 Å². The summed E-state index contributed by atoms with van der Waals surface area (Å²) >= 11 is 24.8. The highest BCUT2D eigenvalue weighted by Gasteiger charge is 2.33. The molecule has 0 fully saturated rings. The number of thiocarbonyl (C=S) groups is 1. The van der Waals surface area contributed by atoms with Crippen LogP contribution in [-0.2, 0) is 4.79 Å². The molecule has 0 radical (unpaired) electrons. The summed E-state index contributed by atoms with van der Waals surface area (Å²) in [5, 5.41) is 8.18. The van der Waals surface area contributed by atoms with Gasteiger partial charge in [0.2, 0.25) is 6.17 Å². The van der Waals surface area contributed by atoms with Crippen molar-refractivity contribution in [3.8, 4) is 0 Å². The van der Waals surface area contributed by atoms with Crippen LogP contribution in [0.25, 0.3) is 0 Å². The maximum Gasteiger partial charge on any atom is 0.271 e. The van der Waals surface area contributed by atoms with Gasteiger partial charge in [0.15, 0.2) is 5.11 Å². The number of amides is 1. The predicted octanol–water partition coefficient (Wildman–Crippen LogP) is 5.80. The summed E-state index contributed by atoms with van der Waals surface area (Å²) in [5.41, 5.74) is 4.49. The second-order valence-electron chi connectivity index (χ2n) is 8.37. The summed E-state index contributed by atoms with van der Waals surface area (Å²) < 4.78 is 0. The van der Waals surface area contributed by atoms with Crippen molar-refractivity contribution in [2.75, 3.05) is 31.4 Å². The van der Waals surface area contributed by atoms with Crippen molar-refractivity contribution in [1.82, 2.24) is 10.2 Å². The molecule has 0 saturated carbocycles. The van der Waals surface area contributed by atoms with Gasteiger partial charge in [-0.15, -0.1) is 0 Å². The second-order valence-corrected chi connectivity index (χ2v) is 10.1. The van der Waals surface area contributed by atoms with Crippen LogP contribution >= 0.6 is 47.0 Å². The molecule has 1 unspecified atom stereocenters. The number of allylic oxidation sites excluding steroid dienone is 4. The summed E-state index contributed by atoms with van der Waals surface area (Å²) in [6.45, 7) is 0. The van der Waals surface area contributed by atoms with Crippen molar-refractivity contribution in [2.45, 2.75) is 19.0 Å². The molecule has 35 heavy (non-hydrogen) atoms. The van der Waals surface area contributed by atoms with E-state index in [4.69, 9.17) is 52.0 Å². The third-order valence-electron chi connectivity index (χ3n) is 5.78. The van der Waals surface area contributed by atoms with Gasteiger partial charge in [-0.25, -0.2) is 4.99 Å². The number of hydrogen-bond donors (Lipinski definition) is 2. The number of rotatable bonds is 4. The van der Waals surface area contributed by atoms with E-state index in [1.807, 2.05) is 55.4 Å². The van der Waals surface area contributed by atoms with Crippen LogP contribution in [0.15, 0.2) is 69.8 Å². The molecule has 182 valence electrons. The minimum Gasteiger partial charge on any atom is -0.376 e. The molecule has 0 aromatic heterocycles. The molecular formula is C25H24Cl3N5OS. The number of benzene rings is 2. The Morgan fingerprint density at radius 3 is 2.54 bits per heavy atom. The number of anilines is 2. The third-order valence-corrected chi connectivity index (χ3v) is 6.93. The van der Waals surface area contributed by atoms with Crippen molar-refractivity contribution in [3.05, 3.63) is 80.5 Å². The molecule has 2 aromatic carbocycles.